The number of halogens is 2. The van der Waals surface area contributed by atoms with Crippen molar-refractivity contribution in [1.82, 2.24) is 15.4 Å². The van der Waals surface area contributed by atoms with Crippen LogP contribution in [-0.4, -0.2) is 38.9 Å². The largest absolute Gasteiger partial charge is 0.357 e. The van der Waals surface area contributed by atoms with E-state index in [2.05, 4.69) is 20.3 Å². The van der Waals surface area contributed by atoms with Crippen LogP contribution in [0.15, 0.2) is 52.4 Å². The van der Waals surface area contributed by atoms with Crippen LogP contribution in [0.3, 0.4) is 0 Å². The van der Waals surface area contributed by atoms with E-state index in [4.69, 9.17) is 0 Å². The van der Waals surface area contributed by atoms with Crippen molar-refractivity contribution < 1.29 is 22.1 Å². The van der Waals surface area contributed by atoms with Crippen LogP contribution in [0.2, 0.25) is 0 Å². The normalized spacial score (nSPS) is 11.9. The molecule has 0 fully saturated rings. The third kappa shape index (κ3) is 6.74. The van der Waals surface area contributed by atoms with Gasteiger partial charge in [0.25, 0.3) is 5.69 Å². The van der Waals surface area contributed by atoms with E-state index in [1.165, 1.54) is 18.2 Å². The van der Waals surface area contributed by atoms with Gasteiger partial charge in [-0.3, -0.25) is 10.1 Å². The standard InChI is InChI=1S/C18H21F2N5O4S/c1-2-21-18(23-12-13-10-14(19)6-7-17(13)20)22-8-9-24-30(28,29)16-5-3-4-15(11-16)25(26)27/h3-7,10-11,24H,2,8-9,12H2,1H3,(H2,21,22,23). The smallest absolute Gasteiger partial charge is 0.270 e. The summed E-state index contributed by atoms with van der Waals surface area (Å²) in [6.07, 6.45) is 0. The molecule has 0 spiro atoms. The van der Waals surface area contributed by atoms with Gasteiger partial charge >= 0.3 is 0 Å². The first kappa shape index (κ1) is 23.2. The Hall–Kier alpha value is -3.12. The van der Waals surface area contributed by atoms with Gasteiger partial charge in [0, 0.05) is 37.3 Å². The van der Waals surface area contributed by atoms with Gasteiger partial charge in [0.2, 0.25) is 10.0 Å². The number of nitrogens with zero attached hydrogens (tertiary/aromatic N) is 2. The maximum absolute atomic E-state index is 13.7. The number of guanidine groups is 1. The third-order valence-electron chi connectivity index (χ3n) is 3.81. The van der Waals surface area contributed by atoms with Crippen molar-refractivity contribution in [3.8, 4) is 0 Å². The lowest BCUT2D eigenvalue weighted by Crippen LogP contribution is -2.41. The molecule has 0 unspecified atom stereocenters. The molecule has 9 nitrogen and oxygen atoms in total. The Morgan fingerprint density at radius 2 is 1.90 bits per heavy atom. The average molecular weight is 441 g/mol. The number of benzene rings is 2. The summed E-state index contributed by atoms with van der Waals surface area (Å²) >= 11 is 0. The van der Waals surface area contributed by atoms with Crippen LogP contribution in [-0.2, 0) is 16.6 Å². The number of rotatable bonds is 9. The summed E-state index contributed by atoms with van der Waals surface area (Å²) in [5.41, 5.74) is -0.249. The molecule has 0 aliphatic rings. The Labute approximate surface area is 172 Å². The Balaban J connectivity index is 1.94. The molecule has 3 N–H and O–H groups in total. The van der Waals surface area contributed by atoms with Crippen molar-refractivity contribution in [3.63, 3.8) is 0 Å². The fourth-order valence-corrected chi connectivity index (χ4v) is 3.46. The zero-order chi connectivity index (χ0) is 22.1. The molecule has 0 aromatic heterocycles. The van der Waals surface area contributed by atoms with Crippen LogP contribution >= 0.6 is 0 Å². The van der Waals surface area contributed by atoms with E-state index >= 15 is 0 Å². The molecule has 2 aromatic carbocycles. The van der Waals surface area contributed by atoms with E-state index in [1.807, 2.05) is 6.92 Å². The van der Waals surface area contributed by atoms with Crippen molar-refractivity contribution in [2.24, 2.45) is 4.99 Å². The second-order valence-corrected chi connectivity index (χ2v) is 7.78. The first-order valence-corrected chi connectivity index (χ1v) is 10.4. The zero-order valence-corrected chi connectivity index (χ0v) is 16.9. The molecule has 0 saturated carbocycles. The number of nitro benzene ring substituents is 1. The highest BCUT2D eigenvalue weighted by molar-refractivity contribution is 7.89. The molecule has 162 valence electrons. The van der Waals surface area contributed by atoms with Gasteiger partial charge in [0.05, 0.1) is 16.4 Å². The molecule has 2 aromatic rings. The highest BCUT2D eigenvalue weighted by Gasteiger charge is 2.17. The summed E-state index contributed by atoms with van der Waals surface area (Å²) in [7, 11) is -3.94. The Morgan fingerprint density at radius 3 is 2.60 bits per heavy atom. The first-order chi connectivity index (χ1) is 14.2. The maximum Gasteiger partial charge on any atom is 0.270 e. The number of non-ortho nitro benzene ring substituents is 1. The lowest BCUT2D eigenvalue weighted by Gasteiger charge is -2.12. The molecular formula is C18H21F2N5O4S. The lowest BCUT2D eigenvalue weighted by molar-refractivity contribution is -0.385. The van der Waals surface area contributed by atoms with E-state index in [-0.39, 0.29) is 41.7 Å². The van der Waals surface area contributed by atoms with E-state index < -0.39 is 26.6 Å². The van der Waals surface area contributed by atoms with Crippen molar-refractivity contribution in [3.05, 3.63) is 69.8 Å². The van der Waals surface area contributed by atoms with Gasteiger partial charge in [-0.25, -0.2) is 26.9 Å². The van der Waals surface area contributed by atoms with Crippen LogP contribution in [0.4, 0.5) is 14.5 Å². The molecule has 0 amide bonds. The molecule has 2 rings (SSSR count). The number of nitrogens with one attached hydrogen (secondary N) is 3. The molecule has 0 aliphatic heterocycles. The minimum atomic E-state index is -3.94. The third-order valence-corrected chi connectivity index (χ3v) is 5.27. The van der Waals surface area contributed by atoms with Crippen LogP contribution in [0.5, 0.6) is 0 Å². The van der Waals surface area contributed by atoms with Gasteiger partial charge in [-0.05, 0) is 31.2 Å². The van der Waals surface area contributed by atoms with Crippen LogP contribution in [0, 0.1) is 21.7 Å². The Kier molecular flexibility index (Phi) is 8.18. The second-order valence-electron chi connectivity index (χ2n) is 6.01. The SMILES string of the molecule is CCNC(=NCc1cc(F)ccc1F)NCCNS(=O)(=O)c1cccc([N+](=O)[O-])c1. The number of nitro groups is 1. The van der Waals surface area contributed by atoms with Gasteiger partial charge in [-0.2, -0.15) is 0 Å². The molecule has 0 radical (unpaired) electrons. The average Bonchev–Trinajstić information content (AvgIpc) is 2.71. The molecule has 0 aliphatic carbocycles. The Bertz CT molecular complexity index is 1030. The van der Waals surface area contributed by atoms with Crippen molar-refractivity contribution in [2.75, 3.05) is 19.6 Å². The highest BCUT2D eigenvalue weighted by atomic mass is 32.2. The number of aliphatic imine (C=N–C) groups is 1. The summed E-state index contributed by atoms with van der Waals surface area (Å²) in [5, 5.41) is 16.6. The quantitative estimate of drug-likeness (QED) is 0.179. The van der Waals surface area contributed by atoms with Crippen LogP contribution < -0.4 is 15.4 Å². The first-order valence-electron chi connectivity index (χ1n) is 8.93. The van der Waals surface area contributed by atoms with E-state index in [0.29, 0.717) is 6.54 Å². The van der Waals surface area contributed by atoms with E-state index in [1.54, 1.807) is 0 Å². The predicted molar refractivity (Wildman–Crippen MR) is 107 cm³/mol. The fourth-order valence-electron chi connectivity index (χ4n) is 2.38. The van der Waals surface area contributed by atoms with Crippen molar-refractivity contribution >= 4 is 21.7 Å². The summed E-state index contributed by atoms with van der Waals surface area (Å²) < 4.78 is 53.8. The molecular weight excluding hydrogens is 420 g/mol. The summed E-state index contributed by atoms with van der Waals surface area (Å²) in [5.74, 6) is -0.869. The number of hydrogen-bond donors (Lipinski definition) is 3. The van der Waals surface area contributed by atoms with Gasteiger partial charge in [0.1, 0.15) is 11.6 Å². The van der Waals surface area contributed by atoms with Crippen molar-refractivity contribution in [1.29, 1.82) is 0 Å². The number of hydrogen-bond acceptors (Lipinski definition) is 5. The topological polar surface area (TPSA) is 126 Å². The molecule has 0 heterocycles. The second kappa shape index (κ2) is 10.6. The monoisotopic (exact) mass is 441 g/mol. The molecule has 30 heavy (non-hydrogen) atoms. The predicted octanol–water partition coefficient (Wildman–Crippen LogP) is 1.91. The summed E-state index contributed by atoms with van der Waals surface area (Å²) in [6, 6.07) is 7.78. The lowest BCUT2D eigenvalue weighted by atomic mass is 10.2. The molecule has 0 saturated heterocycles. The molecule has 12 heteroatoms. The summed E-state index contributed by atoms with van der Waals surface area (Å²) in [6.45, 7) is 2.29. The fraction of sp³-hybridized carbons (Fsp3) is 0.278. The molecule has 0 atom stereocenters. The van der Waals surface area contributed by atoms with Gasteiger partial charge in [-0.15, -0.1) is 0 Å². The number of sulfonamides is 1. The van der Waals surface area contributed by atoms with Crippen LogP contribution in [0.1, 0.15) is 12.5 Å². The van der Waals surface area contributed by atoms with Gasteiger partial charge < -0.3 is 10.6 Å². The van der Waals surface area contributed by atoms with E-state index in [0.717, 1.165) is 24.3 Å². The van der Waals surface area contributed by atoms with Crippen LogP contribution in [0.25, 0.3) is 0 Å². The summed E-state index contributed by atoms with van der Waals surface area (Å²) in [4.78, 5) is 14.0. The highest BCUT2D eigenvalue weighted by Crippen LogP contribution is 2.16. The minimum Gasteiger partial charge on any atom is -0.357 e. The van der Waals surface area contributed by atoms with Gasteiger partial charge in [-0.1, -0.05) is 6.07 Å². The van der Waals surface area contributed by atoms with Gasteiger partial charge in [0.15, 0.2) is 5.96 Å². The van der Waals surface area contributed by atoms with Crippen molar-refractivity contribution in [2.45, 2.75) is 18.4 Å². The Morgan fingerprint density at radius 1 is 1.13 bits per heavy atom. The maximum atomic E-state index is 13.7. The zero-order valence-electron chi connectivity index (χ0n) is 16.1. The minimum absolute atomic E-state index is 0.0379. The molecule has 0 bridgehead atoms. The van der Waals surface area contributed by atoms with E-state index in [9.17, 15) is 27.3 Å².